The van der Waals surface area contributed by atoms with Gasteiger partial charge in [0.2, 0.25) is 0 Å². The molecule has 1 heteroatoms. The number of para-hydroxylation sites is 1. The average molecular weight is 187 g/mol. The molecule has 1 aromatic heterocycles. The number of fused-ring (bicyclic) bond motifs is 1. The molecule has 74 valence electrons. The van der Waals surface area contributed by atoms with E-state index >= 15 is 0 Å². The number of benzene rings is 1. The van der Waals surface area contributed by atoms with Crippen LogP contribution < -0.4 is 0 Å². The lowest BCUT2D eigenvalue weighted by atomic mass is 9.98. The maximum atomic E-state index is 3.50. The van der Waals surface area contributed by atoms with Crippen LogP contribution >= 0.6 is 0 Å². The molecule has 1 N–H and O–H groups in total. The normalized spacial score (nSPS) is 11.4. The number of aromatic amines is 1. The van der Waals surface area contributed by atoms with Crippen LogP contribution in [0.2, 0.25) is 0 Å². The van der Waals surface area contributed by atoms with E-state index in [2.05, 4.69) is 50.0 Å². The largest absolute Gasteiger partial charge is 0.358 e. The monoisotopic (exact) mass is 187 g/mol. The number of hydrogen-bond donors (Lipinski definition) is 1. The highest BCUT2D eigenvalue weighted by molar-refractivity contribution is 5.85. The maximum Gasteiger partial charge on any atom is 0.0459 e. The number of aryl methyl sites for hydroxylation is 1. The summed E-state index contributed by atoms with van der Waals surface area (Å²) in [7, 11) is 0. The molecule has 0 radical (unpaired) electrons. The van der Waals surface area contributed by atoms with E-state index < -0.39 is 0 Å². The lowest BCUT2D eigenvalue weighted by Gasteiger charge is -2.05. The predicted octanol–water partition coefficient (Wildman–Crippen LogP) is 3.85. The summed E-state index contributed by atoms with van der Waals surface area (Å²) in [5.41, 5.74) is 4.15. The lowest BCUT2D eigenvalue weighted by Crippen LogP contribution is -1.91. The van der Waals surface area contributed by atoms with Gasteiger partial charge in [-0.05, 0) is 24.0 Å². The van der Waals surface area contributed by atoms with Crippen molar-refractivity contribution in [1.29, 1.82) is 0 Å². The Morgan fingerprint density at radius 1 is 1.21 bits per heavy atom. The molecular weight excluding hydrogens is 170 g/mol. The fourth-order valence-corrected chi connectivity index (χ4v) is 2.16. The molecule has 0 saturated heterocycles. The van der Waals surface area contributed by atoms with E-state index in [0.29, 0.717) is 5.92 Å². The van der Waals surface area contributed by atoms with Gasteiger partial charge in [0, 0.05) is 16.6 Å². The first-order valence-corrected chi connectivity index (χ1v) is 5.33. The summed E-state index contributed by atoms with van der Waals surface area (Å²) >= 11 is 0. The predicted molar refractivity (Wildman–Crippen MR) is 61.8 cm³/mol. The second-order valence-electron chi connectivity index (χ2n) is 4.07. The van der Waals surface area contributed by atoms with E-state index in [0.717, 1.165) is 6.42 Å². The smallest absolute Gasteiger partial charge is 0.0459 e. The molecule has 0 aliphatic rings. The summed E-state index contributed by atoms with van der Waals surface area (Å²) in [6.45, 7) is 6.72. The van der Waals surface area contributed by atoms with Gasteiger partial charge in [-0.1, -0.05) is 39.0 Å². The maximum absolute atomic E-state index is 3.50. The summed E-state index contributed by atoms with van der Waals surface area (Å²) in [6, 6.07) is 8.56. The summed E-state index contributed by atoms with van der Waals surface area (Å²) in [6.07, 6.45) is 1.09. The Labute approximate surface area is 85.1 Å². The molecule has 2 aromatic rings. The Morgan fingerprint density at radius 2 is 1.93 bits per heavy atom. The minimum atomic E-state index is 0.598. The topological polar surface area (TPSA) is 15.8 Å². The van der Waals surface area contributed by atoms with Gasteiger partial charge in [0.25, 0.3) is 0 Å². The van der Waals surface area contributed by atoms with Crippen molar-refractivity contribution in [3.8, 4) is 0 Å². The number of aromatic nitrogens is 1. The van der Waals surface area contributed by atoms with Gasteiger partial charge in [-0.25, -0.2) is 0 Å². The number of rotatable bonds is 2. The van der Waals surface area contributed by atoms with Crippen molar-refractivity contribution in [2.75, 3.05) is 0 Å². The first-order valence-electron chi connectivity index (χ1n) is 5.33. The molecule has 0 aliphatic carbocycles. The molecule has 0 spiro atoms. The molecule has 1 aromatic carbocycles. The van der Waals surface area contributed by atoms with Crippen LogP contribution in [-0.2, 0) is 6.42 Å². The minimum absolute atomic E-state index is 0.598. The van der Waals surface area contributed by atoms with Crippen molar-refractivity contribution >= 4 is 10.9 Å². The molecule has 0 bridgehead atoms. The van der Waals surface area contributed by atoms with Crippen LogP contribution in [0.5, 0.6) is 0 Å². The van der Waals surface area contributed by atoms with Crippen molar-refractivity contribution in [2.45, 2.75) is 33.1 Å². The van der Waals surface area contributed by atoms with E-state index in [9.17, 15) is 0 Å². The van der Waals surface area contributed by atoms with Crippen LogP contribution in [0.4, 0.5) is 0 Å². The number of H-pyrrole nitrogens is 1. The molecule has 0 unspecified atom stereocenters. The molecule has 0 saturated carbocycles. The van der Waals surface area contributed by atoms with Crippen LogP contribution in [0.25, 0.3) is 10.9 Å². The van der Waals surface area contributed by atoms with Crippen LogP contribution in [0.15, 0.2) is 24.3 Å². The van der Waals surface area contributed by atoms with E-state index in [-0.39, 0.29) is 0 Å². The van der Waals surface area contributed by atoms with Crippen LogP contribution in [0.3, 0.4) is 0 Å². The van der Waals surface area contributed by atoms with E-state index in [1.807, 2.05) is 0 Å². The van der Waals surface area contributed by atoms with Crippen molar-refractivity contribution in [2.24, 2.45) is 0 Å². The Morgan fingerprint density at radius 3 is 2.57 bits per heavy atom. The van der Waals surface area contributed by atoms with Crippen molar-refractivity contribution in [3.05, 3.63) is 35.5 Å². The fraction of sp³-hybridized carbons (Fsp3) is 0.385. The third-order valence-electron chi connectivity index (χ3n) is 2.76. The third kappa shape index (κ3) is 1.33. The SMILES string of the molecule is CCc1[nH]c2ccccc2c1C(C)C. The number of nitrogens with one attached hydrogen (secondary N) is 1. The summed E-state index contributed by atoms with van der Waals surface area (Å²) in [5.74, 6) is 0.598. The first kappa shape index (κ1) is 9.32. The molecule has 1 nitrogen and oxygen atoms in total. The molecule has 2 rings (SSSR count). The van der Waals surface area contributed by atoms with Gasteiger partial charge in [-0.3, -0.25) is 0 Å². The molecule has 14 heavy (non-hydrogen) atoms. The zero-order valence-electron chi connectivity index (χ0n) is 9.09. The van der Waals surface area contributed by atoms with E-state index in [1.54, 1.807) is 0 Å². The summed E-state index contributed by atoms with van der Waals surface area (Å²) < 4.78 is 0. The quantitative estimate of drug-likeness (QED) is 0.735. The highest BCUT2D eigenvalue weighted by atomic mass is 14.7. The zero-order valence-corrected chi connectivity index (χ0v) is 9.09. The molecule has 0 fully saturated rings. The second-order valence-corrected chi connectivity index (χ2v) is 4.07. The third-order valence-corrected chi connectivity index (χ3v) is 2.76. The molecule has 0 aliphatic heterocycles. The van der Waals surface area contributed by atoms with Gasteiger partial charge in [-0.15, -0.1) is 0 Å². The van der Waals surface area contributed by atoms with E-state index in [1.165, 1.54) is 22.2 Å². The van der Waals surface area contributed by atoms with Gasteiger partial charge >= 0.3 is 0 Å². The van der Waals surface area contributed by atoms with Gasteiger partial charge in [0.1, 0.15) is 0 Å². The van der Waals surface area contributed by atoms with Crippen LogP contribution in [-0.4, -0.2) is 4.98 Å². The van der Waals surface area contributed by atoms with Crippen LogP contribution in [0.1, 0.15) is 37.9 Å². The first-order chi connectivity index (χ1) is 6.74. The highest BCUT2D eigenvalue weighted by Crippen LogP contribution is 2.29. The van der Waals surface area contributed by atoms with Crippen LogP contribution in [0, 0.1) is 0 Å². The molecule has 0 amide bonds. The average Bonchev–Trinajstić information content (AvgIpc) is 2.55. The van der Waals surface area contributed by atoms with Gasteiger partial charge < -0.3 is 4.98 Å². The highest BCUT2D eigenvalue weighted by Gasteiger charge is 2.11. The van der Waals surface area contributed by atoms with Gasteiger partial charge in [-0.2, -0.15) is 0 Å². The minimum Gasteiger partial charge on any atom is -0.358 e. The second kappa shape index (κ2) is 3.49. The van der Waals surface area contributed by atoms with Gasteiger partial charge in [0.05, 0.1) is 0 Å². The Bertz CT molecular complexity index is 437. The Kier molecular flexibility index (Phi) is 2.32. The zero-order chi connectivity index (χ0) is 10.1. The Balaban J connectivity index is 2.74. The molecular formula is C13H17N. The van der Waals surface area contributed by atoms with E-state index in [4.69, 9.17) is 0 Å². The summed E-state index contributed by atoms with van der Waals surface area (Å²) in [5, 5.41) is 1.39. The number of hydrogen-bond acceptors (Lipinski definition) is 0. The Hall–Kier alpha value is -1.24. The molecule has 0 atom stereocenters. The standard InChI is InChI=1S/C13H17N/c1-4-11-13(9(2)3)10-7-5-6-8-12(10)14-11/h5-9,14H,4H2,1-3H3. The van der Waals surface area contributed by atoms with Crippen molar-refractivity contribution in [3.63, 3.8) is 0 Å². The van der Waals surface area contributed by atoms with Gasteiger partial charge in [0.15, 0.2) is 0 Å². The van der Waals surface area contributed by atoms with Crippen molar-refractivity contribution in [1.82, 2.24) is 4.98 Å². The van der Waals surface area contributed by atoms with Crippen molar-refractivity contribution < 1.29 is 0 Å². The summed E-state index contributed by atoms with van der Waals surface area (Å²) in [4.78, 5) is 3.50. The lowest BCUT2D eigenvalue weighted by molar-refractivity contribution is 0.848. The fourth-order valence-electron chi connectivity index (χ4n) is 2.16. The molecule has 1 heterocycles.